The highest BCUT2D eigenvalue weighted by Crippen LogP contribution is 1.99. The highest BCUT2D eigenvalue weighted by atomic mass is 16.9. The largest absolute Gasteiger partial charge is 0.466 e. The number of nitrogens with zero attached hydrogens (tertiary/aromatic N) is 2. The van der Waals surface area contributed by atoms with Crippen molar-refractivity contribution in [1.29, 1.82) is 0 Å². The second-order valence-electron chi connectivity index (χ2n) is 5.86. The molecule has 1 atom stereocenters. The standard InChI is InChI=1S/C17H24N4O9/c1-2-28-15(23)10-14(22)5-6-19-17(25)29-12-20-8-3-4-13(11-20)16(24)18-7-9-30-21(26)27/h3-4,8,11,14,22H,2,5-7,9-10,12H2,1H3,(H-,18,19,24,25)/p+1. The zero-order valence-corrected chi connectivity index (χ0v) is 16.4. The fourth-order valence-corrected chi connectivity index (χ4v) is 2.16. The van der Waals surface area contributed by atoms with Gasteiger partial charge in [0.2, 0.25) is 0 Å². The number of aromatic nitrogens is 1. The summed E-state index contributed by atoms with van der Waals surface area (Å²) in [6.07, 6.45) is 1.32. The lowest BCUT2D eigenvalue weighted by atomic mass is 10.2. The summed E-state index contributed by atoms with van der Waals surface area (Å²) in [7, 11) is 0. The predicted octanol–water partition coefficient (Wildman–Crippen LogP) is -0.700. The van der Waals surface area contributed by atoms with Gasteiger partial charge in [-0.05, 0) is 19.4 Å². The lowest BCUT2D eigenvalue weighted by Crippen LogP contribution is -2.39. The van der Waals surface area contributed by atoms with Gasteiger partial charge in [-0.1, -0.05) is 0 Å². The molecule has 0 radical (unpaired) electrons. The Balaban J connectivity index is 2.32. The maximum absolute atomic E-state index is 12.0. The lowest BCUT2D eigenvalue weighted by molar-refractivity contribution is -0.757. The van der Waals surface area contributed by atoms with E-state index < -0.39 is 29.2 Å². The Morgan fingerprint density at radius 2 is 2.03 bits per heavy atom. The first-order chi connectivity index (χ1) is 14.3. The normalized spacial score (nSPS) is 11.1. The van der Waals surface area contributed by atoms with E-state index in [0.717, 1.165) is 0 Å². The van der Waals surface area contributed by atoms with Gasteiger partial charge in [-0.15, -0.1) is 10.1 Å². The zero-order valence-electron chi connectivity index (χ0n) is 16.4. The molecular weight excluding hydrogens is 404 g/mol. The van der Waals surface area contributed by atoms with Gasteiger partial charge in [0.15, 0.2) is 12.4 Å². The average Bonchev–Trinajstić information content (AvgIpc) is 2.69. The zero-order chi connectivity index (χ0) is 22.4. The number of alkyl carbamates (subject to hydrolysis) is 1. The van der Waals surface area contributed by atoms with Crippen molar-refractivity contribution in [2.75, 3.05) is 26.3 Å². The van der Waals surface area contributed by atoms with Crippen LogP contribution >= 0.6 is 0 Å². The average molecular weight is 429 g/mol. The summed E-state index contributed by atoms with van der Waals surface area (Å²) in [5, 5.41) is 23.6. The van der Waals surface area contributed by atoms with Crippen LogP contribution in [0.3, 0.4) is 0 Å². The van der Waals surface area contributed by atoms with E-state index in [1.54, 1.807) is 19.2 Å². The minimum absolute atomic E-state index is 0.0460. The van der Waals surface area contributed by atoms with E-state index >= 15 is 0 Å². The van der Waals surface area contributed by atoms with Gasteiger partial charge in [-0.3, -0.25) is 9.59 Å². The molecule has 166 valence electrons. The van der Waals surface area contributed by atoms with Gasteiger partial charge in [0.25, 0.3) is 17.7 Å². The summed E-state index contributed by atoms with van der Waals surface area (Å²) < 4.78 is 11.2. The predicted molar refractivity (Wildman–Crippen MR) is 98.3 cm³/mol. The molecule has 13 heteroatoms. The number of aliphatic hydroxyl groups is 1. The van der Waals surface area contributed by atoms with Crippen molar-refractivity contribution in [3.05, 3.63) is 40.2 Å². The number of aliphatic hydroxyl groups excluding tert-OH is 1. The Bertz CT molecular complexity index is 729. The molecule has 1 aromatic rings. The molecule has 0 bridgehead atoms. The van der Waals surface area contributed by atoms with Crippen LogP contribution in [0, 0.1) is 10.1 Å². The van der Waals surface area contributed by atoms with Crippen LogP contribution in [0.4, 0.5) is 4.79 Å². The second-order valence-corrected chi connectivity index (χ2v) is 5.86. The van der Waals surface area contributed by atoms with E-state index in [-0.39, 0.29) is 51.4 Å². The number of pyridine rings is 1. The minimum Gasteiger partial charge on any atom is -0.466 e. The Hall–Kier alpha value is -3.48. The highest BCUT2D eigenvalue weighted by Gasteiger charge is 2.14. The molecule has 13 nitrogen and oxygen atoms in total. The summed E-state index contributed by atoms with van der Waals surface area (Å²) in [5.41, 5.74) is 0.254. The Morgan fingerprint density at radius 3 is 2.73 bits per heavy atom. The third-order valence-corrected chi connectivity index (χ3v) is 3.50. The molecule has 0 aromatic carbocycles. The number of nitrogens with one attached hydrogen (secondary N) is 2. The number of hydrogen-bond acceptors (Lipinski definition) is 9. The SMILES string of the molecule is CCOC(=O)CC(O)CCNC(=O)OC[n+]1cccc(C(=O)NCCO[N+](=O)[O-])c1. The first kappa shape index (κ1) is 24.6. The molecule has 2 amide bonds. The molecule has 0 saturated heterocycles. The first-order valence-corrected chi connectivity index (χ1v) is 9.10. The smallest absolute Gasteiger partial charge is 0.411 e. The fraction of sp³-hybridized carbons (Fsp3) is 0.529. The fourth-order valence-electron chi connectivity index (χ4n) is 2.16. The van der Waals surface area contributed by atoms with Crippen LogP contribution in [-0.2, 0) is 25.8 Å². The molecule has 1 heterocycles. The molecule has 1 unspecified atom stereocenters. The second kappa shape index (κ2) is 13.7. The third kappa shape index (κ3) is 10.8. The molecule has 0 saturated carbocycles. The van der Waals surface area contributed by atoms with Crippen molar-refractivity contribution < 1.29 is 43.5 Å². The first-order valence-electron chi connectivity index (χ1n) is 9.10. The van der Waals surface area contributed by atoms with Gasteiger partial charge in [0.05, 0.1) is 19.1 Å². The Morgan fingerprint density at radius 1 is 1.27 bits per heavy atom. The number of rotatable bonds is 13. The number of ether oxygens (including phenoxy) is 2. The summed E-state index contributed by atoms with van der Waals surface area (Å²) in [6, 6.07) is 3.08. The third-order valence-electron chi connectivity index (χ3n) is 3.50. The number of hydrogen-bond donors (Lipinski definition) is 3. The van der Waals surface area contributed by atoms with E-state index in [9.17, 15) is 29.6 Å². The molecule has 1 aromatic heterocycles. The van der Waals surface area contributed by atoms with Gasteiger partial charge in [-0.2, -0.15) is 4.57 Å². The maximum atomic E-state index is 12.0. The summed E-state index contributed by atoms with van der Waals surface area (Å²) in [5.74, 6) is -0.991. The molecule has 0 aliphatic carbocycles. The minimum atomic E-state index is -0.952. The van der Waals surface area contributed by atoms with Gasteiger partial charge >= 0.3 is 12.1 Å². The van der Waals surface area contributed by atoms with Crippen LogP contribution in [0.15, 0.2) is 24.5 Å². The maximum Gasteiger partial charge on any atom is 0.411 e. The molecule has 0 fully saturated rings. The molecule has 0 spiro atoms. The van der Waals surface area contributed by atoms with Crippen LogP contribution in [0.2, 0.25) is 0 Å². The number of carbonyl (C=O) groups is 3. The van der Waals surface area contributed by atoms with Crippen molar-refractivity contribution in [2.24, 2.45) is 0 Å². The molecular formula is C17H25N4O9+. The van der Waals surface area contributed by atoms with Crippen molar-refractivity contribution >= 4 is 18.0 Å². The van der Waals surface area contributed by atoms with Crippen LogP contribution in [0.25, 0.3) is 0 Å². The monoisotopic (exact) mass is 429 g/mol. The Kier molecular flexibility index (Phi) is 11.2. The highest BCUT2D eigenvalue weighted by molar-refractivity contribution is 5.93. The van der Waals surface area contributed by atoms with E-state index in [1.165, 1.54) is 16.8 Å². The number of amides is 2. The van der Waals surface area contributed by atoms with Crippen molar-refractivity contribution in [3.63, 3.8) is 0 Å². The van der Waals surface area contributed by atoms with E-state index in [2.05, 4.69) is 15.5 Å². The van der Waals surface area contributed by atoms with Crippen LogP contribution in [0.1, 0.15) is 30.1 Å². The van der Waals surface area contributed by atoms with Gasteiger partial charge in [-0.25, -0.2) is 4.79 Å². The van der Waals surface area contributed by atoms with Gasteiger partial charge < -0.3 is 30.1 Å². The van der Waals surface area contributed by atoms with Gasteiger partial charge in [0, 0.05) is 19.2 Å². The summed E-state index contributed by atoms with van der Waals surface area (Å²) >= 11 is 0. The number of carbonyl (C=O) groups excluding carboxylic acids is 3. The van der Waals surface area contributed by atoms with Crippen LogP contribution < -0.4 is 15.2 Å². The lowest BCUT2D eigenvalue weighted by Gasteiger charge is -2.10. The Labute approximate surface area is 172 Å². The van der Waals surface area contributed by atoms with Crippen LogP contribution in [0.5, 0.6) is 0 Å². The molecule has 0 aliphatic heterocycles. The quantitative estimate of drug-likeness (QED) is 0.121. The topological polar surface area (TPSA) is 170 Å². The van der Waals surface area contributed by atoms with Crippen molar-refractivity contribution in [1.82, 2.24) is 10.6 Å². The molecule has 3 N–H and O–H groups in total. The van der Waals surface area contributed by atoms with Crippen molar-refractivity contribution in [2.45, 2.75) is 32.6 Å². The van der Waals surface area contributed by atoms with E-state index in [1.807, 2.05) is 0 Å². The van der Waals surface area contributed by atoms with Gasteiger partial charge in [0.1, 0.15) is 12.2 Å². The van der Waals surface area contributed by atoms with E-state index in [4.69, 9.17) is 9.47 Å². The van der Waals surface area contributed by atoms with Crippen molar-refractivity contribution in [3.8, 4) is 0 Å². The van der Waals surface area contributed by atoms with Crippen LogP contribution in [-0.4, -0.2) is 60.6 Å². The molecule has 0 aliphatic rings. The molecule has 30 heavy (non-hydrogen) atoms. The number of esters is 1. The molecule has 1 rings (SSSR count). The van der Waals surface area contributed by atoms with E-state index in [0.29, 0.717) is 0 Å². The summed E-state index contributed by atoms with van der Waals surface area (Å²) in [4.78, 5) is 49.0. The summed E-state index contributed by atoms with van der Waals surface area (Å²) in [6.45, 7) is 1.49.